The first-order valence-electron chi connectivity index (χ1n) is 8.44. The van der Waals surface area contributed by atoms with E-state index in [1.54, 1.807) is 16.0 Å². The molecule has 1 aliphatic carbocycles. The molecular weight excluding hydrogens is 467 g/mol. The molecule has 2 rings (SSSR count). The quantitative estimate of drug-likeness (QED) is 0.157. The van der Waals surface area contributed by atoms with Crippen LogP contribution < -0.4 is 0 Å². The Morgan fingerprint density at radius 2 is 2.19 bits per heavy atom. The number of ether oxygens (including phenoxy) is 3. The molecule has 1 aliphatic heterocycles. The summed E-state index contributed by atoms with van der Waals surface area (Å²) in [5.41, 5.74) is 3.99. The minimum atomic E-state index is -0.342. The average Bonchev–Trinajstić information content (AvgIpc) is 2.98. The predicted molar refractivity (Wildman–Crippen MR) is 111 cm³/mol. The van der Waals surface area contributed by atoms with Gasteiger partial charge in [0.05, 0.1) is 13.7 Å². The number of hydrogen-bond donors (Lipinski definition) is 0. The summed E-state index contributed by atoms with van der Waals surface area (Å²) in [5.74, 6) is 1.86. The molecule has 0 atom stereocenters. The number of allylic oxidation sites excluding steroid dienone is 4. The zero-order valence-corrected chi connectivity index (χ0v) is 18.2. The first-order chi connectivity index (χ1) is 12.6. The van der Waals surface area contributed by atoms with Gasteiger partial charge in [0.1, 0.15) is 30.0 Å². The lowest BCUT2D eigenvalue weighted by molar-refractivity contribution is -0.135. The van der Waals surface area contributed by atoms with Gasteiger partial charge in [0.25, 0.3) is 0 Å². The second-order valence-corrected chi connectivity index (χ2v) is 8.40. The van der Waals surface area contributed by atoms with Gasteiger partial charge >= 0.3 is 5.97 Å². The van der Waals surface area contributed by atoms with Crippen molar-refractivity contribution in [2.45, 2.75) is 33.1 Å². The zero-order chi connectivity index (χ0) is 19.1. The molecule has 1 heterocycles. The number of rotatable bonds is 9. The van der Waals surface area contributed by atoms with Gasteiger partial charge in [-0.15, -0.1) is 0 Å². The molecule has 0 bridgehead atoms. The highest BCUT2D eigenvalue weighted by molar-refractivity contribution is 14.2. The number of carbonyl (C=O) groups is 2. The summed E-state index contributed by atoms with van der Waals surface area (Å²) < 4.78 is 16.9. The van der Waals surface area contributed by atoms with Crippen molar-refractivity contribution in [3.63, 3.8) is 0 Å². The molecule has 1 fully saturated rings. The van der Waals surface area contributed by atoms with Crippen LogP contribution in [0.3, 0.4) is 0 Å². The van der Waals surface area contributed by atoms with Crippen LogP contribution in [0, 0.1) is 0 Å². The van der Waals surface area contributed by atoms with E-state index in [-0.39, 0.29) is 12.6 Å². The van der Waals surface area contributed by atoms with Gasteiger partial charge in [0.2, 0.25) is 0 Å². The number of aldehydes is 1. The second kappa shape index (κ2) is 10.2. The van der Waals surface area contributed by atoms with Gasteiger partial charge < -0.3 is 14.2 Å². The van der Waals surface area contributed by atoms with E-state index in [9.17, 15) is 9.59 Å². The lowest BCUT2D eigenvalue weighted by Gasteiger charge is -2.15. The normalized spacial score (nSPS) is 18.0. The Morgan fingerprint density at radius 3 is 2.81 bits per heavy atom. The lowest BCUT2D eigenvalue weighted by atomic mass is 10.0. The molecule has 0 spiro atoms. The molecule has 7 heteroatoms. The topological polar surface area (TPSA) is 61.8 Å². The monoisotopic (exact) mass is 490 g/mol. The highest BCUT2D eigenvalue weighted by Gasteiger charge is 2.35. The molecule has 5 nitrogen and oxygen atoms in total. The van der Waals surface area contributed by atoms with E-state index in [0.717, 1.165) is 40.1 Å². The van der Waals surface area contributed by atoms with Crippen molar-refractivity contribution < 1.29 is 23.8 Å². The number of esters is 1. The fourth-order valence-corrected chi connectivity index (χ4v) is 3.75. The van der Waals surface area contributed by atoms with Crippen molar-refractivity contribution in [3.05, 3.63) is 45.5 Å². The summed E-state index contributed by atoms with van der Waals surface area (Å²) in [7, 11) is 3.28. The number of hydrogen-bond acceptors (Lipinski definition) is 6. The summed E-state index contributed by atoms with van der Waals surface area (Å²) in [5, 5.41) is 0. The third kappa shape index (κ3) is 4.73. The molecular formula is C19H23IO5S. The average molecular weight is 490 g/mol. The molecule has 0 aromatic heterocycles. The second-order valence-electron chi connectivity index (χ2n) is 5.91. The first-order valence-corrected chi connectivity index (χ1v) is 12.0. The third-order valence-corrected chi connectivity index (χ3v) is 6.07. The van der Waals surface area contributed by atoms with Crippen LogP contribution in [-0.2, 0) is 23.8 Å². The summed E-state index contributed by atoms with van der Waals surface area (Å²) in [6, 6.07) is 0. The molecule has 0 unspecified atom stereocenters. The molecule has 0 N–H and O–H groups in total. The lowest BCUT2D eigenvalue weighted by Crippen LogP contribution is -2.06. The van der Waals surface area contributed by atoms with Crippen LogP contribution in [0.4, 0.5) is 0 Å². The van der Waals surface area contributed by atoms with E-state index in [1.165, 1.54) is 0 Å². The van der Waals surface area contributed by atoms with Crippen LogP contribution >= 0.6 is 30.1 Å². The van der Waals surface area contributed by atoms with Gasteiger partial charge in [-0.1, -0.05) is 21.9 Å². The summed E-state index contributed by atoms with van der Waals surface area (Å²) in [6.07, 6.45) is 4.53. The van der Waals surface area contributed by atoms with E-state index in [0.29, 0.717) is 37.2 Å². The van der Waals surface area contributed by atoms with Crippen LogP contribution in [0.2, 0.25) is 0 Å². The number of halogens is 1. The smallest absolute Gasteiger partial charge is 0.342 e. The van der Waals surface area contributed by atoms with Crippen LogP contribution in [0.25, 0.3) is 0 Å². The van der Waals surface area contributed by atoms with E-state index >= 15 is 0 Å². The van der Waals surface area contributed by atoms with Gasteiger partial charge in [-0.3, -0.25) is 4.79 Å². The number of methoxy groups -OCH3 is 1. The van der Waals surface area contributed by atoms with Crippen LogP contribution in [0.15, 0.2) is 45.5 Å². The SMILES string of the molecule is CC/C(C=O)=C\CC1=C(OC)C(C)=C2COC(=O)C2=C(OCCSI)C1. The Kier molecular flexibility index (Phi) is 8.27. The summed E-state index contributed by atoms with van der Waals surface area (Å²) in [4.78, 5) is 23.4. The molecule has 26 heavy (non-hydrogen) atoms. The van der Waals surface area contributed by atoms with Crippen molar-refractivity contribution in [1.82, 2.24) is 0 Å². The fourth-order valence-electron chi connectivity index (χ4n) is 3.06. The van der Waals surface area contributed by atoms with Gasteiger partial charge in [-0.2, -0.15) is 0 Å². The summed E-state index contributed by atoms with van der Waals surface area (Å²) >= 11 is 2.22. The minimum Gasteiger partial charge on any atom is -0.496 e. The molecule has 0 aromatic carbocycles. The van der Waals surface area contributed by atoms with Crippen LogP contribution in [0.5, 0.6) is 0 Å². The van der Waals surface area contributed by atoms with Crippen molar-refractivity contribution in [2.75, 3.05) is 26.1 Å². The largest absolute Gasteiger partial charge is 0.496 e. The van der Waals surface area contributed by atoms with E-state index in [2.05, 4.69) is 21.2 Å². The molecule has 0 radical (unpaired) electrons. The Hall–Kier alpha value is -1.22. The van der Waals surface area contributed by atoms with Gasteiger partial charge in [-0.05, 0) is 57.7 Å². The maximum atomic E-state index is 12.3. The molecule has 142 valence electrons. The van der Waals surface area contributed by atoms with Gasteiger partial charge in [-0.25, -0.2) is 4.79 Å². The number of carbonyl (C=O) groups excluding carboxylic acids is 2. The number of cyclic esters (lactones) is 1. The first kappa shape index (κ1) is 21.1. The van der Waals surface area contributed by atoms with Gasteiger partial charge in [0.15, 0.2) is 0 Å². The number of fused-ring (bicyclic) bond motifs is 1. The van der Waals surface area contributed by atoms with E-state index in [1.807, 2.05) is 19.9 Å². The molecule has 1 saturated heterocycles. The Labute approximate surface area is 170 Å². The third-order valence-electron chi connectivity index (χ3n) is 4.43. The van der Waals surface area contributed by atoms with Crippen molar-refractivity contribution in [3.8, 4) is 0 Å². The van der Waals surface area contributed by atoms with Crippen molar-refractivity contribution in [1.29, 1.82) is 0 Å². The Bertz CT molecular complexity index is 703. The molecule has 0 saturated carbocycles. The highest BCUT2D eigenvalue weighted by Crippen LogP contribution is 2.38. The molecule has 0 amide bonds. The predicted octanol–water partition coefficient (Wildman–Crippen LogP) is 4.44. The fraction of sp³-hybridized carbons (Fsp3) is 0.474. The molecule has 0 aromatic rings. The van der Waals surface area contributed by atoms with E-state index < -0.39 is 0 Å². The van der Waals surface area contributed by atoms with Crippen LogP contribution in [-0.4, -0.2) is 38.3 Å². The van der Waals surface area contributed by atoms with Crippen LogP contribution in [0.1, 0.15) is 33.1 Å². The maximum Gasteiger partial charge on any atom is 0.342 e. The zero-order valence-electron chi connectivity index (χ0n) is 15.2. The van der Waals surface area contributed by atoms with Gasteiger partial charge in [0, 0.05) is 17.7 Å². The highest BCUT2D eigenvalue weighted by atomic mass is 127. The van der Waals surface area contributed by atoms with Crippen molar-refractivity contribution in [2.24, 2.45) is 0 Å². The summed E-state index contributed by atoms with van der Waals surface area (Å²) in [6.45, 7) is 4.64. The standard InChI is InChI=1S/C19H23IO5S/c1-4-13(10-21)5-6-14-9-16(24-7-8-26-20)17-15(11-25-19(17)22)12(2)18(14)23-3/h5,10H,4,6-9,11H2,1-3H3/b13-5+. The van der Waals surface area contributed by atoms with Crippen molar-refractivity contribution >= 4 is 42.4 Å². The Balaban J connectivity index is 2.46. The maximum absolute atomic E-state index is 12.3. The molecule has 2 aliphatic rings. The van der Waals surface area contributed by atoms with E-state index in [4.69, 9.17) is 14.2 Å². The Morgan fingerprint density at radius 1 is 1.42 bits per heavy atom. The minimum absolute atomic E-state index is 0.235.